The van der Waals surface area contributed by atoms with Gasteiger partial charge in [0.15, 0.2) is 5.57 Å². The van der Waals surface area contributed by atoms with Gasteiger partial charge in [0.05, 0.1) is 11.3 Å². The van der Waals surface area contributed by atoms with Crippen molar-refractivity contribution < 1.29 is 0 Å². The smallest absolute Gasteiger partial charge is 0.154 e. The zero-order valence-electron chi connectivity index (χ0n) is 11.7. The molecule has 2 rings (SSSR count). The molecule has 0 saturated heterocycles. The number of nitrogens with zero attached hydrogens (tertiary/aromatic N) is 3. The lowest BCUT2D eigenvalue weighted by Crippen LogP contribution is -2.28. The number of nitrogens with one attached hydrogen (secondary N) is 1. The molecule has 0 atom stereocenters. The van der Waals surface area contributed by atoms with Gasteiger partial charge < -0.3 is 5.32 Å². The van der Waals surface area contributed by atoms with Gasteiger partial charge in [-0.1, -0.05) is 13.8 Å². The van der Waals surface area contributed by atoms with E-state index in [2.05, 4.69) is 25.2 Å². The highest BCUT2D eigenvalue weighted by atomic mass is 14.9. The Balaban J connectivity index is 2.72. The van der Waals surface area contributed by atoms with Gasteiger partial charge in [-0.05, 0) is 42.7 Å². The van der Waals surface area contributed by atoms with Gasteiger partial charge in [0.1, 0.15) is 18.2 Å². The van der Waals surface area contributed by atoms with Crippen molar-refractivity contribution in [3.63, 3.8) is 0 Å². The van der Waals surface area contributed by atoms with Crippen LogP contribution >= 0.6 is 0 Å². The first-order valence-corrected chi connectivity index (χ1v) is 6.82. The lowest BCUT2D eigenvalue weighted by atomic mass is 9.80. The second-order valence-electron chi connectivity index (χ2n) is 5.32. The van der Waals surface area contributed by atoms with Crippen LogP contribution in [-0.4, -0.2) is 0 Å². The van der Waals surface area contributed by atoms with Crippen molar-refractivity contribution in [3.05, 3.63) is 33.7 Å². The molecule has 4 heteroatoms. The Morgan fingerprint density at radius 2 is 1.65 bits per heavy atom. The summed E-state index contributed by atoms with van der Waals surface area (Å²) in [7, 11) is 0. The maximum atomic E-state index is 9.44. The number of nitriles is 3. The number of hydrogen-bond acceptors (Lipinski definition) is 4. The van der Waals surface area contributed by atoms with E-state index in [1.807, 2.05) is 12.1 Å². The van der Waals surface area contributed by atoms with Crippen LogP contribution in [-0.2, 0) is 0 Å². The molecule has 0 radical (unpaired) electrons. The van der Waals surface area contributed by atoms with Crippen molar-refractivity contribution in [1.29, 1.82) is 15.8 Å². The van der Waals surface area contributed by atoms with Gasteiger partial charge in [-0.25, -0.2) is 0 Å². The van der Waals surface area contributed by atoms with Crippen LogP contribution in [0.5, 0.6) is 0 Å². The molecule has 0 aromatic rings. The first kappa shape index (κ1) is 13.9. The van der Waals surface area contributed by atoms with Gasteiger partial charge in [0.25, 0.3) is 0 Å². The summed E-state index contributed by atoms with van der Waals surface area (Å²) in [5.74, 6) is 0.270. The molecule has 1 aliphatic heterocycles. The van der Waals surface area contributed by atoms with E-state index in [0.717, 1.165) is 37.0 Å². The van der Waals surface area contributed by atoms with Gasteiger partial charge in [0, 0.05) is 5.70 Å². The fourth-order valence-electron chi connectivity index (χ4n) is 2.84. The molecule has 1 aliphatic carbocycles. The molecule has 0 spiro atoms. The van der Waals surface area contributed by atoms with Crippen molar-refractivity contribution in [2.75, 3.05) is 0 Å². The van der Waals surface area contributed by atoms with E-state index in [4.69, 9.17) is 10.5 Å². The summed E-state index contributed by atoms with van der Waals surface area (Å²) >= 11 is 0. The summed E-state index contributed by atoms with van der Waals surface area (Å²) in [5.41, 5.74) is 4.14. The van der Waals surface area contributed by atoms with Crippen LogP contribution in [0.1, 0.15) is 39.5 Å². The maximum absolute atomic E-state index is 9.44. The number of allylic oxidation sites excluding steroid dienone is 5. The summed E-state index contributed by atoms with van der Waals surface area (Å²) in [6.45, 7) is 4.16. The van der Waals surface area contributed by atoms with Crippen molar-refractivity contribution in [2.24, 2.45) is 5.92 Å². The van der Waals surface area contributed by atoms with E-state index in [0.29, 0.717) is 11.3 Å². The van der Waals surface area contributed by atoms with Gasteiger partial charge in [-0.15, -0.1) is 0 Å². The van der Waals surface area contributed by atoms with Crippen LogP contribution in [0.4, 0.5) is 0 Å². The molecule has 0 aromatic carbocycles. The van der Waals surface area contributed by atoms with Gasteiger partial charge in [0.2, 0.25) is 0 Å². The third-order valence-corrected chi connectivity index (χ3v) is 3.77. The molecule has 0 aromatic heterocycles. The lowest BCUT2D eigenvalue weighted by molar-refractivity contribution is 0.612. The summed E-state index contributed by atoms with van der Waals surface area (Å²) in [5, 5.41) is 30.8. The van der Waals surface area contributed by atoms with Crippen molar-refractivity contribution >= 4 is 0 Å². The van der Waals surface area contributed by atoms with Crippen molar-refractivity contribution in [2.45, 2.75) is 39.5 Å². The normalized spacial score (nSPS) is 17.9. The first-order chi connectivity index (χ1) is 9.63. The average Bonchev–Trinajstić information content (AvgIpc) is 2.47. The van der Waals surface area contributed by atoms with Crippen LogP contribution in [0.25, 0.3) is 0 Å². The monoisotopic (exact) mass is 264 g/mol. The minimum atomic E-state index is -0.0168. The Morgan fingerprint density at radius 3 is 2.15 bits per heavy atom. The Labute approximate surface area is 119 Å². The molecule has 2 aliphatic rings. The van der Waals surface area contributed by atoms with E-state index in [1.54, 1.807) is 0 Å². The van der Waals surface area contributed by atoms with E-state index < -0.39 is 0 Å². The molecule has 1 N–H and O–H groups in total. The predicted molar refractivity (Wildman–Crippen MR) is 74.4 cm³/mol. The zero-order valence-corrected chi connectivity index (χ0v) is 11.7. The predicted octanol–water partition coefficient (Wildman–Crippen LogP) is 3.20. The van der Waals surface area contributed by atoms with Gasteiger partial charge in [-0.2, -0.15) is 15.8 Å². The third kappa shape index (κ3) is 2.20. The molecule has 4 nitrogen and oxygen atoms in total. The Kier molecular flexibility index (Phi) is 3.92. The highest BCUT2D eigenvalue weighted by Crippen LogP contribution is 2.40. The summed E-state index contributed by atoms with van der Waals surface area (Å²) in [4.78, 5) is 0. The number of hydrogen-bond donors (Lipinski definition) is 1. The molecule has 0 bridgehead atoms. The number of rotatable bonds is 1. The van der Waals surface area contributed by atoms with Crippen molar-refractivity contribution in [1.82, 2.24) is 5.32 Å². The molecule has 1 heterocycles. The minimum Gasteiger partial charge on any atom is -0.356 e. The Bertz CT molecular complexity index is 638. The molecular weight excluding hydrogens is 248 g/mol. The van der Waals surface area contributed by atoms with Gasteiger partial charge in [-0.3, -0.25) is 0 Å². The van der Waals surface area contributed by atoms with E-state index in [9.17, 15) is 5.26 Å². The molecular formula is C16H16N4. The van der Waals surface area contributed by atoms with Crippen LogP contribution in [0.2, 0.25) is 0 Å². The second kappa shape index (κ2) is 5.64. The number of dihydropyridines is 1. The topological polar surface area (TPSA) is 83.4 Å². The molecule has 1 saturated carbocycles. The molecule has 1 fully saturated rings. The third-order valence-electron chi connectivity index (χ3n) is 3.77. The van der Waals surface area contributed by atoms with Crippen LogP contribution in [0, 0.1) is 39.9 Å². The fraction of sp³-hybridized carbons (Fsp3) is 0.438. The van der Waals surface area contributed by atoms with E-state index >= 15 is 0 Å². The SMILES string of the molecule is CC(C)C1=C2CCCCC2=C(C#N)C(=C(C#N)C#N)N1. The largest absolute Gasteiger partial charge is 0.356 e. The first-order valence-electron chi connectivity index (χ1n) is 6.82. The summed E-state index contributed by atoms with van der Waals surface area (Å²) < 4.78 is 0. The zero-order chi connectivity index (χ0) is 14.7. The number of fused-ring (bicyclic) bond motifs is 1. The average molecular weight is 264 g/mol. The molecule has 0 unspecified atom stereocenters. The lowest BCUT2D eigenvalue weighted by Gasteiger charge is -2.32. The Hall–Kier alpha value is -2.51. The van der Waals surface area contributed by atoms with Crippen LogP contribution < -0.4 is 5.32 Å². The van der Waals surface area contributed by atoms with Crippen molar-refractivity contribution in [3.8, 4) is 18.2 Å². The maximum Gasteiger partial charge on any atom is 0.154 e. The summed E-state index contributed by atoms with van der Waals surface area (Å²) in [6, 6.07) is 5.96. The molecule has 0 amide bonds. The highest BCUT2D eigenvalue weighted by Gasteiger charge is 2.29. The van der Waals surface area contributed by atoms with Crippen LogP contribution in [0.15, 0.2) is 33.7 Å². The second-order valence-corrected chi connectivity index (χ2v) is 5.32. The molecule has 100 valence electrons. The van der Waals surface area contributed by atoms with Gasteiger partial charge >= 0.3 is 0 Å². The van der Waals surface area contributed by atoms with E-state index in [-0.39, 0.29) is 11.5 Å². The summed E-state index contributed by atoms with van der Waals surface area (Å²) in [6.07, 6.45) is 3.99. The Morgan fingerprint density at radius 1 is 1.05 bits per heavy atom. The quantitative estimate of drug-likeness (QED) is 0.737. The van der Waals surface area contributed by atoms with Crippen LogP contribution in [0.3, 0.4) is 0 Å². The fourth-order valence-corrected chi connectivity index (χ4v) is 2.84. The minimum absolute atomic E-state index is 0.0168. The standard InChI is InChI=1S/C16H16N4/c1-10(2)15-13-6-4-3-5-12(13)14(9-19)16(20-15)11(7-17)8-18/h10,20H,3-6H2,1-2H3. The highest BCUT2D eigenvalue weighted by molar-refractivity contribution is 5.63. The molecule has 20 heavy (non-hydrogen) atoms. The van der Waals surface area contributed by atoms with E-state index in [1.165, 1.54) is 5.57 Å².